The third kappa shape index (κ3) is 6.08. The maximum atomic E-state index is 15.0. The predicted octanol–water partition coefficient (Wildman–Crippen LogP) is 5.84. The van der Waals surface area contributed by atoms with Gasteiger partial charge in [0.2, 0.25) is 5.91 Å². The average molecular weight is 513 g/mol. The van der Waals surface area contributed by atoms with Crippen LogP contribution in [0.4, 0.5) is 15.8 Å². The molecule has 4 rings (SSSR count). The summed E-state index contributed by atoms with van der Waals surface area (Å²) in [6.45, 7) is 3.66. The summed E-state index contributed by atoms with van der Waals surface area (Å²) in [7, 11) is 0. The number of aryl methyl sites for hydroxylation is 1. The van der Waals surface area contributed by atoms with E-state index < -0.39 is 17.6 Å². The fourth-order valence-electron chi connectivity index (χ4n) is 4.04. The van der Waals surface area contributed by atoms with E-state index in [-0.39, 0.29) is 28.4 Å². The molecule has 0 aliphatic carbocycles. The highest BCUT2D eigenvalue weighted by Gasteiger charge is 2.36. The minimum Gasteiger partial charge on any atom is -0.353 e. The summed E-state index contributed by atoms with van der Waals surface area (Å²) in [6, 6.07) is 24.6. The van der Waals surface area contributed by atoms with Crippen LogP contribution in [0.1, 0.15) is 24.0 Å². The number of rotatable bonds is 7. The predicted molar refractivity (Wildman–Crippen MR) is 145 cm³/mol. The van der Waals surface area contributed by atoms with Crippen molar-refractivity contribution >= 4 is 35.0 Å². The smallest absolute Gasteiger partial charge is 0.254 e. The van der Waals surface area contributed by atoms with Gasteiger partial charge in [0.15, 0.2) is 0 Å². The molecule has 37 heavy (non-hydrogen) atoms. The number of thioether (sulfide) groups is 1. The molecule has 0 unspecified atom stereocenters. The first-order chi connectivity index (χ1) is 17.9. The molecule has 0 bridgehead atoms. The van der Waals surface area contributed by atoms with Crippen LogP contribution < -0.4 is 16.0 Å². The molecular weight excluding hydrogens is 487 g/mol. The van der Waals surface area contributed by atoms with Gasteiger partial charge in [0, 0.05) is 28.2 Å². The van der Waals surface area contributed by atoms with E-state index in [4.69, 9.17) is 0 Å². The fourth-order valence-corrected chi connectivity index (χ4v) is 4.93. The molecule has 8 heteroatoms. The summed E-state index contributed by atoms with van der Waals surface area (Å²) in [5.74, 6) is -2.15. The van der Waals surface area contributed by atoms with Crippen molar-refractivity contribution in [3.05, 3.63) is 118 Å². The minimum absolute atomic E-state index is 0.0181. The summed E-state index contributed by atoms with van der Waals surface area (Å²) in [5.41, 5.74) is 3.41. The highest BCUT2D eigenvalue weighted by Crippen LogP contribution is 2.41. The van der Waals surface area contributed by atoms with Gasteiger partial charge in [0.25, 0.3) is 5.91 Å². The van der Waals surface area contributed by atoms with Crippen molar-refractivity contribution in [2.24, 2.45) is 0 Å². The van der Waals surface area contributed by atoms with Crippen LogP contribution in [-0.4, -0.2) is 17.6 Å². The monoisotopic (exact) mass is 512 g/mol. The Balaban J connectivity index is 1.63. The van der Waals surface area contributed by atoms with E-state index >= 15 is 4.39 Å². The van der Waals surface area contributed by atoms with Crippen LogP contribution in [0.3, 0.4) is 0 Å². The van der Waals surface area contributed by atoms with E-state index in [0.717, 1.165) is 17.3 Å². The Labute approximate surface area is 219 Å². The molecule has 3 aromatic carbocycles. The van der Waals surface area contributed by atoms with Crippen LogP contribution in [0.5, 0.6) is 0 Å². The van der Waals surface area contributed by atoms with Gasteiger partial charge in [-0.05, 0) is 44.2 Å². The lowest BCUT2D eigenvalue weighted by Crippen LogP contribution is -2.31. The third-order valence-corrected chi connectivity index (χ3v) is 6.84. The summed E-state index contributed by atoms with van der Waals surface area (Å²) >= 11 is 1.13. The molecule has 0 fully saturated rings. The van der Waals surface area contributed by atoms with Gasteiger partial charge in [0.1, 0.15) is 5.82 Å². The van der Waals surface area contributed by atoms with Crippen LogP contribution >= 0.6 is 11.8 Å². The second-order valence-corrected chi connectivity index (χ2v) is 9.48. The molecular formula is C29H25FN4O2S. The molecule has 3 N–H and O–H groups in total. The first-order valence-electron chi connectivity index (χ1n) is 11.6. The molecule has 1 atom stereocenters. The number of amides is 2. The fraction of sp³-hybridized carbons (Fsp3) is 0.138. The topological polar surface area (TPSA) is 94.0 Å². The second-order valence-electron chi connectivity index (χ2n) is 8.50. The number of carbonyl (C=O) groups excluding carboxylic acids is 2. The number of hydrogen-bond acceptors (Lipinski definition) is 5. The number of nitriles is 1. The van der Waals surface area contributed by atoms with E-state index in [1.54, 1.807) is 49.4 Å². The summed E-state index contributed by atoms with van der Waals surface area (Å²) in [4.78, 5) is 26.0. The van der Waals surface area contributed by atoms with Gasteiger partial charge in [-0.25, -0.2) is 4.39 Å². The number of halogens is 1. The van der Waals surface area contributed by atoms with Crippen molar-refractivity contribution < 1.29 is 14.0 Å². The van der Waals surface area contributed by atoms with Crippen LogP contribution in [0, 0.1) is 24.1 Å². The van der Waals surface area contributed by atoms with Gasteiger partial charge in [-0.3, -0.25) is 9.59 Å². The first kappa shape index (κ1) is 25.7. The Kier molecular flexibility index (Phi) is 8.06. The zero-order valence-electron chi connectivity index (χ0n) is 20.3. The van der Waals surface area contributed by atoms with Crippen LogP contribution in [0.2, 0.25) is 0 Å². The van der Waals surface area contributed by atoms with Gasteiger partial charge < -0.3 is 16.0 Å². The highest BCUT2D eigenvalue weighted by molar-refractivity contribution is 8.03. The van der Waals surface area contributed by atoms with Gasteiger partial charge in [0.05, 0.1) is 28.3 Å². The average Bonchev–Trinajstić information content (AvgIpc) is 2.89. The van der Waals surface area contributed by atoms with Crippen LogP contribution in [0.15, 0.2) is 101 Å². The SMILES string of the molecule is CC1=C(C(=O)Nc2ccccc2)[C@H](c2ccccc2F)C(C#N)=C(SCC(=O)Nc2ccc(C)cc2)N1. The molecule has 186 valence electrons. The van der Waals surface area contributed by atoms with Crippen molar-refractivity contribution in [2.45, 2.75) is 19.8 Å². The maximum absolute atomic E-state index is 15.0. The van der Waals surface area contributed by atoms with Gasteiger partial charge in [-0.1, -0.05) is 65.9 Å². The molecule has 1 aliphatic rings. The Morgan fingerprint density at radius 1 is 0.946 bits per heavy atom. The van der Waals surface area contributed by atoms with Crippen molar-refractivity contribution in [3.8, 4) is 6.07 Å². The molecule has 0 saturated heterocycles. The molecule has 3 aromatic rings. The minimum atomic E-state index is -0.946. The van der Waals surface area contributed by atoms with Crippen molar-refractivity contribution in [3.63, 3.8) is 0 Å². The Morgan fingerprint density at radius 2 is 1.59 bits per heavy atom. The Morgan fingerprint density at radius 3 is 2.27 bits per heavy atom. The Hall–Kier alpha value is -4.35. The van der Waals surface area contributed by atoms with Crippen molar-refractivity contribution in [2.75, 3.05) is 16.4 Å². The molecule has 6 nitrogen and oxygen atoms in total. The van der Waals surface area contributed by atoms with Crippen LogP contribution in [-0.2, 0) is 9.59 Å². The zero-order valence-corrected chi connectivity index (χ0v) is 21.2. The molecule has 0 aromatic heterocycles. The van der Waals surface area contributed by atoms with E-state index in [1.807, 2.05) is 37.3 Å². The van der Waals surface area contributed by atoms with E-state index in [0.29, 0.717) is 22.1 Å². The second kappa shape index (κ2) is 11.6. The number of para-hydroxylation sites is 1. The molecule has 2 amide bonds. The van der Waals surface area contributed by atoms with Crippen molar-refractivity contribution in [1.82, 2.24) is 5.32 Å². The number of allylic oxidation sites excluding steroid dienone is 2. The summed E-state index contributed by atoms with van der Waals surface area (Å²) < 4.78 is 15.0. The number of dihydropyridines is 1. The number of nitrogens with zero attached hydrogens (tertiary/aromatic N) is 1. The lowest BCUT2D eigenvalue weighted by molar-refractivity contribution is -0.114. The molecule has 1 aliphatic heterocycles. The molecule has 1 heterocycles. The lowest BCUT2D eigenvalue weighted by Gasteiger charge is -2.30. The molecule has 0 spiro atoms. The first-order valence-corrected chi connectivity index (χ1v) is 12.6. The molecule has 0 saturated carbocycles. The lowest BCUT2D eigenvalue weighted by atomic mass is 9.82. The van der Waals surface area contributed by atoms with Gasteiger partial charge in [-0.15, -0.1) is 0 Å². The Bertz CT molecular complexity index is 1430. The zero-order chi connectivity index (χ0) is 26.4. The normalized spacial score (nSPS) is 15.0. The van der Waals surface area contributed by atoms with Gasteiger partial charge >= 0.3 is 0 Å². The number of carbonyl (C=O) groups is 2. The number of hydrogen-bond donors (Lipinski definition) is 3. The number of benzene rings is 3. The summed E-state index contributed by atoms with van der Waals surface area (Å²) in [6.07, 6.45) is 0. The highest BCUT2D eigenvalue weighted by atomic mass is 32.2. The van der Waals surface area contributed by atoms with E-state index in [1.165, 1.54) is 6.07 Å². The largest absolute Gasteiger partial charge is 0.353 e. The molecule has 0 radical (unpaired) electrons. The van der Waals surface area contributed by atoms with Crippen LogP contribution in [0.25, 0.3) is 0 Å². The summed E-state index contributed by atoms with van der Waals surface area (Å²) in [5, 5.41) is 19.3. The number of nitrogens with one attached hydrogen (secondary N) is 3. The standard InChI is InChI=1S/C29H25FN4O2S/c1-18-12-14-21(15-13-18)33-25(35)17-37-29-23(16-31)27(22-10-6-7-11-24(22)30)26(19(2)32-29)28(36)34-20-8-4-3-5-9-20/h3-15,27,32H,17H2,1-2H3,(H,33,35)(H,34,36)/t27-/m1/s1. The van der Waals surface area contributed by atoms with E-state index in [2.05, 4.69) is 22.0 Å². The number of anilines is 2. The van der Waals surface area contributed by atoms with Gasteiger partial charge in [-0.2, -0.15) is 5.26 Å². The van der Waals surface area contributed by atoms with E-state index in [9.17, 15) is 14.9 Å². The quantitative estimate of drug-likeness (QED) is 0.370. The van der Waals surface area contributed by atoms with Crippen molar-refractivity contribution in [1.29, 1.82) is 5.26 Å². The maximum Gasteiger partial charge on any atom is 0.254 e. The third-order valence-electron chi connectivity index (χ3n) is 5.82.